The monoisotopic (exact) mass is 186 g/mol. The number of nitrogens with zero attached hydrogens (tertiary/aromatic N) is 1. The van der Waals surface area contributed by atoms with Crippen LogP contribution >= 0.6 is 0 Å². The van der Waals surface area contributed by atoms with E-state index in [2.05, 4.69) is 45.0 Å². The zero-order valence-corrected chi connectivity index (χ0v) is 9.93. The number of hydrogen-bond donors (Lipinski definition) is 1. The second-order valence-electron chi connectivity index (χ2n) is 3.99. The summed E-state index contributed by atoms with van der Waals surface area (Å²) in [6, 6.07) is 1.37. The summed E-state index contributed by atoms with van der Waals surface area (Å²) in [5.41, 5.74) is 0. The summed E-state index contributed by atoms with van der Waals surface area (Å²) in [5.74, 6) is 0. The Morgan fingerprint density at radius 2 is 1.85 bits per heavy atom. The first-order valence-electron chi connectivity index (χ1n) is 5.55. The van der Waals surface area contributed by atoms with Gasteiger partial charge in [-0.25, -0.2) is 0 Å². The molecule has 1 N–H and O–H groups in total. The maximum atomic E-state index is 3.43. The van der Waals surface area contributed by atoms with Gasteiger partial charge < -0.3 is 10.2 Å². The van der Waals surface area contributed by atoms with Gasteiger partial charge in [0.15, 0.2) is 0 Å². The molecule has 0 spiro atoms. The van der Waals surface area contributed by atoms with E-state index >= 15 is 0 Å². The van der Waals surface area contributed by atoms with Crippen molar-refractivity contribution in [1.82, 2.24) is 10.2 Å². The Morgan fingerprint density at radius 1 is 1.23 bits per heavy atom. The van der Waals surface area contributed by atoms with Crippen molar-refractivity contribution in [2.75, 3.05) is 20.1 Å². The SMILES string of the molecule is CCNC(C)CCN(C)C(C)CC. The highest BCUT2D eigenvalue weighted by molar-refractivity contribution is 4.65. The average molecular weight is 186 g/mol. The molecule has 0 fully saturated rings. The average Bonchev–Trinajstić information content (AvgIpc) is 2.13. The summed E-state index contributed by atoms with van der Waals surface area (Å²) >= 11 is 0. The summed E-state index contributed by atoms with van der Waals surface area (Å²) in [4.78, 5) is 2.44. The summed E-state index contributed by atoms with van der Waals surface area (Å²) in [7, 11) is 2.22. The van der Waals surface area contributed by atoms with Crippen molar-refractivity contribution in [3.8, 4) is 0 Å². The van der Waals surface area contributed by atoms with Gasteiger partial charge in [0.05, 0.1) is 0 Å². The van der Waals surface area contributed by atoms with Crippen LogP contribution in [0.25, 0.3) is 0 Å². The van der Waals surface area contributed by atoms with Gasteiger partial charge in [-0.05, 0) is 46.8 Å². The zero-order chi connectivity index (χ0) is 10.3. The Bertz CT molecular complexity index is 115. The van der Waals surface area contributed by atoms with Crippen LogP contribution in [0.2, 0.25) is 0 Å². The molecule has 0 aromatic rings. The minimum Gasteiger partial charge on any atom is -0.314 e. The van der Waals surface area contributed by atoms with Crippen LogP contribution in [0.1, 0.15) is 40.5 Å². The predicted octanol–water partition coefficient (Wildman–Crippen LogP) is 2.10. The van der Waals surface area contributed by atoms with Crippen molar-refractivity contribution in [2.45, 2.75) is 52.6 Å². The first-order chi connectivity index (χ1) is 6.11. The van der Waals surface area contributed by atoms with E-state index in [1.54, 1.807) is 0 Å². The molecule has 2 nitrogen and oxygen atoms in total. The highest BCUT2D eigenvalue weighted by Gasteiger charge is 2.07. The van der Waals surface area contributed by atoms with E-state index in [0.29, 0.717) is 12.1 Å². The van der Waals surface area contributed by atoms with Crippen molar-refractivity contribution in [3.05, 3.63) is 0 Å². The van der Waals surface area contributed by atoms with Crippen molar-refractivity contribution in [1.29, 1.82) is 0 Å². The van der Waals surface area contributed by atoms with Crippen LogP contribution in [-0.4, -0.2) is 37.1 Å². The molecular weight excluding hydrogens is 160 g/mol. The lowest BCUT2D eigenvalue weighted by molar-refractivity contribution is 0.240. The predicted molar refractivity (Wildman–Crippen MR) is 60.1 cm³/mol. The van der Waals surface area contributed by atoms with Gasteiger partial charge in [0.2, 0.25) is 0 Å². The molecule has 0 saturated carbocycles. The van der Waals surface area contributed by atoms with E-state index in [1.807, 2.05) is 0 Å². The Hall–Kier alpha value is -0.0800. The molecule has 0 heterocycles. The van der Waals surface area contributed by atoms with Gasteiger partial charge >= 0.3 is 0 Å². The molecule has 13 heavy (non-hydrogen) atoms. The van der Waals surface area contributed by atoms with Crippen LogP contribution < -0.4 is 5.32 Å². The summed E-state index contributed by atoms with van der Waals surface area (Å²) in [6.45, 7) is 11.2. The fraction of sp³-hybridized carbons (Fsp3) is 1.00. The van der Waals surface area contributed by atoms with E-state index < -0.39 is 0 Å². The lowest BCUT2D eigenvalue weighted by Crippen LogP contribution is -2.34. The van der Waals surface area contributed by atoms with Gasteiger partial charge in [0.25, 0.3) is 0 Å². The molecule has 2 heteroatoms. The normalized spacial score (nSPS) is 16.2. The van der Waals surface area contributed by atoms with E-state index in [4.69, 9.17) is 0 Å². The highest BCUT2D eigenvalue weighted by Crippen LogP contribution is 2.02. The van der Waals surface area contributed by atoms with Crippen LogP contribution in [0.3, 0.4) is 0 Å². The lowest BCUT2D eigenvalue weighted by Gasteiger charge is -2.25. The molecule has 0 amide bonds. The topological polar surface area (TPSA) is 15.3 Å². The second kappa shape index (κ2) is 7.34. The highest BCUT2D eigenvalue weighted by atomic mass is 15.1. The van der Waals surface area contributed by atoms with E-state index in [9.17, 15) is 0 Å². The molecule has 0 bridgehead atoms. The summed E-state index contributed by atoms with van der Waals surface area (Å²) in [5, 5.41) is 3.43. The van der Waals surface area contributed by atoms with Gasteiger partial charge in [-0.1, -0.05) is 13.8 Å². The maximum absolute atomic E-state index is 3.43. The van der Waals surface area contributed by atoms with Gasteiger partial charge in [0.1, 0.15) is 0 Å². The Balaban J connectivity index is 3.50. The van der Waals surface area contributed by atoms with Crippen LogP contribution in [-0.2, 0) is 0 Å². The van der Waals surface area contributed by atoms with Gasteiger partial charge in [0, 0.05) is 12.1 Å². The van der Waals surface area contributed by atoms with Gasteiger partial charge in [-0.2, -0.15) is 0 Å². The number of rotatable bonds is 7. The smallest absolute Gasteiger partial charge is 0.00612 e. The third-order valence-corrected chi connectivity index (χ3v) is 2.81. The minimum absolute atomic E-state index is 0.650. The number of nitrogens with one attached hydrogen (secondary N) is 1. The molecule has 0 aliphatic heterocycles. The first kappa shape index (κ1) is 12.9. The second-order valence-corrected chi connectivity index (χ2v) is 3.99. The third-order valence-electron chi connectivity index (χ3n) is 2.81. The minimum atomic E-state index is 0.650. The largest absolute Gasteiger partial charge is 0.314 e. The molecule has 0 aromatic heterocycles. The number of hydrogen-bond acceptors (Lipinski definition) is 2. The molecule has 0 aliphatic rings. The standard InChI is InChI=1S/C11H26N2/c1-6-11(4)13(5)9-8-10(3)12-7-2/h10-12H,6-9H2,1-5H3. The Morgan fingerprint density at radius 3 is 2.31 bits per heavy atom. The summed E-state index contributed by atoms with van der Waals surface area (Å²) in [6.07, 6.45) is 2.49. The first-order valence-corrected chi connectivity index (χ1v) is 5.55. The van der Waals surface area contributed by atoms with E-state index in [0.717, 1.165) is 6.54 Å². The molecule has 0 aliphatic carbocycles. The molecule has 0 aromatic carbocycles. The lowest BCUT2D eigenvalue weighted by atomic mass is 10.2. The quantitative estimate of drug-likeness (QED) is 0.655. The molecular formula is C11H26N2. The van der Waals surface area contributed by atoms with Crippen molar-refractivity contribution < 1.29 is 0 Å². The van der Waals surface area contributed by atoms with Crippen LogP contribution in [0.15, 0.2) is 0 Å². The molecule has 80 valence electrons. The summed E-state index contributed by atoms with van der Waals surface area (Å²) < 4.78 is 0. The molecule has 0 rings (SSSR count). The van der Waals surface area contributed by atoms with Gasteiger partial charge in [-0.15, -0.1) is 0 Å². The molecule has 2 unspecified atom stereocenters. The molecule has 2 atom stereocenters. The van der Waals surface area contributed by atoms with Crippen molar-refractivity contribution >= 4 is 0 Å². The van der Waals surface area contributed by atoms with Crippen molar-refractivity contribution in [2.24, 2.45) is 0 Å². The van der Waals surface area contributed by atoms with Crippen LogP contribution in [0.5, 0.6) is 0 Å². The van der Waals surface area contributed by atoms with E-state index in [-0.39, 0.29) is 0 Å². The Kier molecular flexibility index (Phi) is 7.29. The van der Waals surface area contributed by atoms with Crippen molar-refractivity contribution in [3.63, 3.8) is 0 Å². The zero-order valence-electron chi connectivity index (χ0n) is 9.93. The molecule has 0 radical (unpaired) electrons. The maximum Gasteiger partial charge on any atom is 0.00612 e. The molecule has 0 saturated heterocycles. The van der Waals surface area contributed by atoms with Crippen LogP contribution in [0, 0.1) is 0 Å². The fourth-order valence-electron chi connectivity index (χ4n) is 1.38. The van der Waals surface area contributed by atoms with Crippen LogP contribution in [0.4, 0.5) is 0 Å². The Labute approximate surface area is 83.7 Å². The fourth-order valence-corrected chi connectivity index (χ4v) is 1.38. The van der Waals surface area contributed by atoms with Gasteiger partial charge in [-0.3, -0.25) is 0 Å². The van der Waals surface area contributed by atoms with E-state index in [1.165, 1.54) is 19.4 Å². The third kappa shape index (κ3) is 6.05.